The van der Waals surface area contributed by atoms with E-state index in [1.807, 2.05) is 0 Å². The third-order valence-electron chi connectivity index (χ3n) is 1.76. The minimum absolute atomic E-state index is 0.124. The molecule has 0 heterocycles. The molecule has 72 valence electrons. The molecule has 0 saturated heterocycles. The Morgan fingerprint density at radius 2 is 2.17 bits per heavy atom. The molecule has 0 aliphatic heterocycles. The quantitative estimate of drug-likeness (QED) is 0.654. The Labute approximate surface area is 71.5 Å². The summed E-state index contributed by atoms with van der Waals surface area (Å²) in [6, 6.07) is 0. The van der Waals surface area contributed by atoms with Crippen LogP contribution in [0.2, 0.25) is 0 Å². The molecule has 0 aliphatic carbocycles. The number of hydrogen-bond donors (Lipinski definition) is 1. The van der Waals surface area contributed by atoms with Crippen LogP contribution in [0.3, 0.4) is 0 Å². The van der Waals surface area contributed by atoms with Crippen molar-refractivity contribution < 1.29 is 19.0 Å². The second-order valence-electron chi connectivity index (χ2n) is 2.83. The lowest BCUT2D eigenvalue weighted by Gasteiger charge is -2.23. The molecule has 1 N–H and O–H groups in total. The summed E-state index contributed by atoms with van der Waals surface area (Å²) in [5.41, 5.74) is -1.62. The molecule has 2 unspecified atom stereocenters. The highest BCUT2D eigenvalue weighted by Gasteiger charge is 2.37. The van der Waals surface area contributed by atoms with Crippen LogP contribution in [0.4, 0.5) is 4.39 Å². The maximum absolute atomic E-state index is 13.0. The number of ether oxygens (including phenoxy) is 1. The smallest absolute Gasteiger partial charge is 0.343 e. The van der Waals surface area contributed by atoms with Gasteiger partial charge in [-0.1, -0.05) is 6.92 Å². The second-order valence-corrected chi connectivity index (χ2v) is 2.83. The first-order valence-electron chi connectivity index (χ1n) is 3.98. The van der Waals surface area contributed by atoms with Crippen molar-refractivity contribution in [2.45, 2.75) is 39.0 Å². The van der Waals surface area contributed by atoms with Gasteiger partial charge in [-0.25, -0.2) is 9.18 Å². The lowest BCUT2D eigenvalue weighted by atomic mass is 9.97. The number of rotatable bonds is 4. The number of hydrogen-bond acceptors (Lipinski definition) is 3. The van der Waals surface area contributed by atoms with Gasteiger partial charge in [0.2, 0.25) is 6.17 Å². The van der Waals surface area contributed by atoms with E-state index in [9.17, 15) is 14.3 Å². The molecule has 0 aromatic rings. The highest BCUT2D eigenvalue weighted by Crippen LogP contribution is 2.18. The van der Waals surface area contributed by atoms with E-state index < -0.39 is 17.7 Å². The zero-order chi connectivity index (χ0) is 9.78. The lowest BCUT2D eigenvalue weighted by Crippen LogP contribution is -2.41. The highest BCUT2D eigenvalue weighted by atomic mass is 19.1. The predicted molar refractivity (Wildman–Crippen MR) is 42.4 cm³/mol. The molecule has 0 amide bonds. The fourth-order valence-corrected chi connectivity index (χ4v) is 0.649. The zero-order valence-corrected chi connectivity index (χ0v) is 7.63. The molecular formula is C8H15FO3. The number of aliphatic hydroxyl groups is 1. The third-order valence-corrected chi connectivity index (χ3v) is 1.76. The topological polar surface area (TPSA) is 46.5 Å². The summed E-state index contributed by atoms with van der Waals surface area (Å²) in [6.45, 7) is 4.59. The minimum Gasteiger partial charge on any atom is -0.464 e. The van der Waals surface area contributed by atoms with Gasteiger partial charge in [0.15, 0.2) is 0 Å². The van der Waals surface area contributed by atoms with E-state index in [1.165, 1.54) is 6.92 Å². The van der Waals surface area contributed by atoms with E-state index in [-0.39, 0.29) is 13.0 Å². The Bertz CT molecular complexity index is 156. The van der Waals surface area contributed by atoms with E-state index in [1.54, 1.807) is 13.8 Å². The molecule has 0 aromatic heterocycles. The standard InChI is InChI=1S/C8H15FO3/c1-4-8(3,11)6(9)7(10)12-5-2/h6,11H,4-5H2,1-3H3. The SMILES string of the molecule is CCOC(=O)C(F)C(C)(O)CC. The summed E-state index contributed by atoms with van der Waals surface area (Å²) in [6.07, 6.45) is -1.78. The minimum atomic E-state index is -1.96. The first kappa shape index (κ1) is 11.4. The van der Waals surface area contributed by atoms with Crippen LogP contribution in [0.5, 0.6) is 0 Å². The number of esters is 1. The zero-order valence-electron chi connectivity index (χ0n) is 7.63. The number of halogens is 1. The van der Waals surface area contributed by atoms with Crippen LogP contribution in [-0.2, 0) is 9.53 Å². The Kier molecular flexibility index (Phi) is 4.17. The van der Waals surface area contributed by atoms with Crippen LogP contribution in [0, 0.1) is 0 Å². The Balaban J connectivity index is 4.17. The van der Waals surface area contributed by atoms with Crippen molar-refractivity contribution in [3.63, 3.8) is 0 Å². The maximum atomic E-state index is 13.0. The van der Waals surface area contributed by atoms with Crippen LogP contribution in [0.1, 0.15) is 27.2 Å². The van der Waals surface area contributed by atoms with E-state index in [0.29, 0.717) is 0 Å². The fourth-order valence-electron chi connectivity index (χ4n) is 0.649. The van der Waals surface area contributed by atoms with E-state index in [2.05, 4.69) is 4.74 Å². The van der Waals surface area contributed by atoms with Gasteiger partial charge in [-0.2, -0.15) is 0 Å². The molecule has 0 bridgehead atoms. The average molecular weight is 178 g/mol. The van der Waals surface area contributed by atoms with Crippen LogP contribution < -0.4 is 0 Å². The fraction of sp³-hybridized carbons (Fsp3) is 0.875. The first-order chi connectivity index (χ1) is 5.45. The van der Waals surface area contributed by atoms with Gasteiger partial charge in [0.05, 0.1) is 6.61 Å². The van der Waals surface area contributed by atoms with Crippen molar-refractivity contribution in [2.75, 3.05) is 6.61 Å². The van der Waals surface area contributed by atoms with E-state index in [4.69, 9.17) is 0 Å². The Morgan fingerprint density at radius 1 is 1.67 bits per heavy atom. The van der Waals surface area contributed by atoms with Crippen molar-refractivity contribution >= 4 is 5.97 Å². The van der Waals surface area contributed by atoms with Gasteiger partial charge in [-0.3, -0.25) is 0 Å². The maximum Gasteiger partial charge on any atom is 0.343 e. The van der Waals surface area contributed by atoms with Crippen LogP contribution in [-0.4, -0.2) is 29.5 Å². The van der Waals surface area contributed by atoms with Crippen molar-refractivity contribution in [2.24, 2.45) is 0 Å². The molecular weight excluding hydrogens is 163 g/mol. The van der Waals surface area contributed by atoms with Gasteiger partial charge in [0, 0.05) is 0 Å². The van der Waals surface area contributed by atoms with Crippen molar-refractivity contribution in [3.8, 4) is 0 Å². The van der Waals surface area contributed by atoms with Crippen molar-refractivity contribution in [3.05, 3.63) is 0 Å². The van der Waals surface area contributed by atoms with Crippen LogP contribution in [0.25, 0.3) is 0 Å². The molecule has 3 nitrogen and oxygen atoms in total. The van der Waals surface area contributed by atoms with Crippen molar-refractivity contribution in [1.82, 2.24) is 0 Å². The highest BCUT2D eigenvalue weighted by molar-refractivity contribution is 5.75. The molecule has 0 aliphatic rings. The second kappa shape index (κ2) is 4.40. The lowest BCUT2D eigenvalue weighted by molar-refractivity contribution is -0.159. The van der Waals surface area contributed by atoms with Gasteiger partial charge < -0.3 is 9.84 Å². The molecule has 0 aromatic carbocycles. The summed E-state index contributed by atoms with van der Waals surface area (Å²) in [5, 5.41) is 9.31. The molecule has 0 spiro atoms. The Morgan fingerprint density at radius 3 is 2.50 bits per heavy atom. The van der Waals surface area contributed by atoms with E-state index in [0.717, 1.165) is 0 Å². The van der Waals surface area contributed by atoms with Crippen LogP contribution >= 0.6 is 0 Å². The largest absolute Gasteiger partial charge is 0.464 e. The third kappa shape index (κ3) is 2.77. The molecule has 12 heavy (non-hydrogen) atoms. The van der Waals surface area contributed by atoms with Crippen molar-refractivity contribution in [1.29, 1.82) is 0 Å². The predicted octanol–water partition coefficient (Wildman–Crippen LogP) is 1.05. The monoisotopic (exact) mass is 178 g/mol. The summed E-state index contributed by atoms with van der Waals surface area (Å²) in [4.78, 5) is 10.8. The number of alkyl halides is 1. The summed E-state index contributed by atoms with van der Waals surface area (Å²) < 4.78 is 17.5. The summed E-state index contributed by atoms with van der Waals surface area (Å²) in [7, 11) is 0. The summed E-state index contributed by atoms with van der Waals surface area (Å²) in [5.74, 6) is -0.996. The van der Waals surface area contributed by atoms with Gasteiger partial charge in [0.1, 0.15) is 5.60 Å². The molecule has 0 saturated carbocycles. The number of carbonyl (C=O) groups is 1. The van der Waals surface area contributed by atoms with Gasteiger partial charge in [0.25, 0.3) is 0 Å². The molecule has 4 heteroatoms. The average Bonchev–Trinajstić information content (AvgIpc) is 2.03. The summed E-state index contributed by atoms with van der Waals surface area (Å²) >= 11 is 0. The molecule has 0 rings (SSSR count). The van der Waals surface area contributed by atoms with Gasteiger partial charge in [-0.05, 0) is 20.3 Å². The molecule has 2 atom stereocenters. The molecule has 0 fully saturated rings. The van der Waals surface area contributed by atoms with Gasteiger partial charge in [-0.15, -0.1) is 0 Å². The normalized spacial score (nSPS) is 18.1. The number of carbonyl (C=O) groups excluding carboxylic acids is 1. The van der Waals surface area contributed by atoms with E-state index >= 15 is 0 Å². The molecule has 0 radical (unpaired) electrons. The first-order valence-corrected chi connectivity index (χ1v) is 3.98. The van der Waals surface area contributed by atoms with Crippen LogP contribution in [0.15, 0.2) is 0 Å². The van der Waals surface area contributed by atoms with Gasteiger partial charge >= 0.3 is 5.97 Å². The Hall–Kier alpha value is -0.640.